The molecule has 0 amide bonds. The molecule has 1 aromatic carbocycles. The molecule has 0 bridgehead atoms. The van der Waals surface area contributed by atoms with Crippen LogP contribution in [0.1, 0.15) is 32.4 Å². The molecule has 0 radical (unpaired) electrons. The van der Waals surface area contributed by atoms with Crippen LogP contribution >= 0.6 is 0 Å². The van der Waals surface area contributed by atoms with Gasteiger partial charge in [0.15, 0.2) is 5.79 Å². The first kappa shape index (κ1) is 21.5. The first-order chi connectivity index (χ1) is 12.9. The van der Waals surface area contributed by atoms with E-state index in [0.717, 1.165) is 5.56 Å². The maximum Gasteiger partial charge on any atom is 0.330 e. The van der Waals surface area contributed by atoms with Crippen LogP contribution in [0.5, 0.6) is 0 Å². The van der Waals surface area contributed by atoms with E-state index in [9.17, 15) is 9.90 Å². The van der Waals surface area contributed by atoms with Gasteiger partial charge < -0.3 is 28.8 Å². The van der Waals surface area contributed by atoms with Crippen molar-refractivity contribution in [1.82, 2.24) is 0 Å². The predicted molar refractivity (Wildman–Crippen MR) is 97.7 cm³/mol. The lowest BCUT2D eigenvalue weighted by Crippen LogP contribution is -2.39. The van der Waals surface area contributed by atoms with Gasteiger partial charge in [-0.25, -0.2) is 4.79 Å². The summed E-state index contributed by atoms with van der Waals surface area (Å²) in [5, 5.41) is 10.6. The van der Waals surface area contributed by atoms with Gasteiger partial charge in [-0.2, -0.15) is 0 Å². The van der Waals surface area contributed by atoms with E-state index in [1.807, 2.05) is 30.3 Å². The van der Waals surface area contributed by atoms with Gasteiger partial charge in [-0.15, -0.1) is 0 Å². The number of rotatable bonds is 9. The number of hydrogen-bond acceptors (Lipinski definition) is 7. The first-order valence-corrected chi connectivity index (χ1v) is 8.92. The SMILES string of the molecule is CCOC(=O)/C=C/[C@H](O)[C@H]1OC(C)(C)O[C@H]1[C@@H](OCOC)c1ccccc1. The van der Waals surface area contributed by atoms with Gasteiger partial charge in [0.2, 0.25) is 0 Å². The number of hydrogen-bond donors (Lipinski definition) is 1. The van der Waals surface area contributed by atoms with Crippen molar-refractivity contribution >= 4 is 5.97 Å². The van der Waals surface area contributed by atoms with Crippen LogP contribution in [0.4, 0.5) is 0 Å². The molecular formula is C20H28O7. The fourth-order valence-electron chi connectivity index (χ4n) is 2.96. The molecule has 4 atom stereocenters. The molecule has 150 valence electrons. The summed E-state index contributed by atoms with van der Waals surface area (Å²) in [4.78, 5) is 11.5. The van der Waals surface area contributed by atoms with Crippen LogP contribution in [0, 0.1) is 0 Å². The van der Waals surface area contributed by atoms with Crippen molar-refractivity contribution in [1.29, 1.82) is 0 Å². The smallest absolute Gasteiger partial charge is 0.330 e. The summed E-state index contributed by atoms with van der Waals surface area (Å²) in [6.45, 7) is 5.56. The highest BCUT2D eigenvalue weighted by Crippen LogP contribution is 2.38. The molecule has 0 aromatic heterocycles. The molecule has 0 spiro atoms. The average Bonchev–Trinajstić information content (AvgIpc) is 2.97. The van der Waals surface area contributed by atoms with E-state index < -0.39 is 36.2 Å². The molecule has 1 saturated heterocycles. The predicted octanol–water partition coefficient (Wildman–Crippen LogP) is 2.35. The van der Waals surface area contributed by atoms with Crippen molar-refractivity contribution in [2.75, 3.05) is 20.5 Å². The highest BCUT2D eigenvalue weighted by molar-refractivity contribution is 5.81. The Morgan fingerprint density at radius 2 is 1.93 bits per heavy atom. The zero-order valence-electron chi connectivity index (χ0n) is 16.2. The molecule has 2 rings (SSSR count). The molecule has 1 fully saturated rings. The highest BCUT2D eigenvalue weighted by atomic mass is 16.8. The van der Waals surface area contributed by atoms with Crippen LogP contribution < -0.4 is 0 Å². The third-order valence-electron chi connectivity index (χ3n) is 4.01. The van der Waals surface area contributed by atoms with Gasteiger partial charge in [0, 0.05) is 13.2 Å². The third-order valence-corrected chi connectivity index (χ3v) is 4.01. The van der Waals surface area contributed by atoms with Crippen molar-refractivity contribution in [3.05, 3.63) is 48.0 Å². The first-order valence-electron chi connectivity index (χ1n) is 8.92. The molecule has 1 heterocycles. The van der Waals surface area contributed by atoms with Crippen LogP contribution in [-0.4, -0.2) is 55.7 Å². The van der Waals surface area contributed by atoms with Crippen molar-refractivity contribution in [3.8, 4) is 0 Å². The molecule has 1 aliphatic rings. The van der Waals surface area contributed by atoms with Crippen LogP contribution in [0.3, 0.4) is 0 Å². The molecule has 0 unspecified atom stereocenters. The van der Waals surface area contributed by atoms with Gasteiger partial charge in [0.25, 0.3) is 0 Å². The number of benzene rings is 1. The van der Waals surface area contributed by atoms with E-state index >= 15 is 0 Å². The maximum absolute atomic E-state index is 11.5. The lowest BCUT2D eigenvalue weighted by atomic mass is 9.97. The van der Waals surface area contributed by atoms with Crippen molar-refractivity contribution in [3.63, 3.8) is 0 Å². The Bertz CT molecular complexity index is 614. The number of esters is 1. The summed E-state index contributed by atoms with van der Waals surface area (Å²) in [6.07, 6.45) is -0.430. The van der Waals surface area contributed by atoms with E-state index in [4.69, 9.17) is 23.7 Å². The lowest BCUT2D eigenvalue weighted by molar-refractivity contribution is -0.172. The fourth-order valence-corrected chi connectivity index (χ4v) is 2.96. The van der Waals surface area contributed by atoms with Gasteiger partial charge in [-0.3, -0.25) is 0 Å². The van der Waals surface area contributed by atoms with E-state index in [-0.39, 0.29) is 13.4 Å². The van der Waals surface area contributed by atoms with Gasteiger partial charge in [0.1, 0.15) is 31.2 Å². The van der Waals surface area contributed by atoms with E-state index in [1.54, 1.807) is 20.8 Å². The van der Waals surface area contributed by atoms with Gasteiger partial charge in [-0.1, -0.05) is 30.3 Å². The minimum absolute atomic E-state index is 0.0569. The van der Waals surface area contributed by atoms with E-state index in [1.165, 1.54) is 19.3 Å². The molecule has 0 aliphatic carbocycles. The normalized spacial score (nSPS) is 24.0. The summed E-state index contributed by atoms with van der Waals surface area (Å²) in [5.41, 5.74) is 0.868. The summed E-state index contributed by atoms with van der Waals surface area (Å²) in [5.74, 6) is -1.45. The fraction of sp³-hybridized carbons (Fsp3) is 0.550. The average molecular weight is 380 g/mol. The Morgan fingerprint density at radius 3 is 2.56 bits per heavy atom. The van der Waals surface area contributed by atoms with Crippen LogP contribution in [-0.2, 0) is 28.5 Å². The lowest BCUT2D eigenvalue weighted by Gasteiger charge is -2.28. The Hall–Kier alpha value is -1.77. The maximum atomic E-state index is 11.5. The number of aliphatic hydroxyl groups excluding tert-OH is 1. The highest BCUT2D eigenvalue weighted by Gasteiger charge is 2.48. The van der Waals surface area contributed by atoms with Crippen molar-refractivity contribution < 1.29 is 33.6 Å². The van der Waals surface area contributed by atoms with Crippen LogP contribution in [0.15, 0.2) is 42.5 Å². The Kier molecular flexibility index (Phi) is 7.94. The molecule has 7 heteroatoms. The third kappa shape index (κ3) is 6.12. The molecule has 0 saturated carbocycles. The van der Waals surface area contributed by atoms with Gasteiger partial charge >= 0.3 is 5.97 Å². The Balaban J connectivity index is 2.24. The zero-order valence-corrected chi connectivity index (χ0v) is 16.2. The Morgan fingerprint density at radius 1 is 1.26 bits per heavy atom. The number of methoxy groups -OCH3 is 1. The number of aliphatic hydroxyl groups is 1. The summed E-state index contributed by atoms with van der Waals surface area (Å²) < 4.78 is 27.7. The number of ether oxygens (including phenoxy) is 5. The number of carbonyl (C=O) groups is 1. The minimum Gasteiger partial charge on any atom is -0.463 e. The molecule has 27 heavy (non-hydrogen) atoms. The van der Waals surface area contributed by atoms with Crippen LogP contribution in [0.25, 0.3) is 0 Å². The largest absolute Gasteiger partial charge is 0.463 e. The minimum atomic E-state index is -1.08. The van der Waals surface area contributed by atoms with Crippen molar-refractivity contribution in [2.24, 2.45) is 0 Å². The van der Waals surface area contributed by atoms with E-state index in [2.05, 4.69) is 0 Å². The zero-order chi connectivity index (χ0) is 19.9. The van der Waals surface area contributed by atoms with Crippen molar-refractivity contribution in [2.45, 2.75) is 51.0 Å². The molecule has 1 N–H and O–H groups in total. The molecular weight excluding hydrogens is 352 g/mol. The monoisotopic (exact) mass is 380 g/mol. The summed E-state index contributed by atoms with van der Waals surface area (Å²) in [6, 6.07) is 9.51. The van der Waals surface area contributed by atoms with E-state index in [0.29, 0.717) is 0 Å². The molecule has 7 nitrogen and oxygen atoms in total. The van der Waals surface area contributed by atoms with Crippen LogP contribution in [0.2, 0.25) is 0 Å². The number of carbonyl (C=O) groups excluding carboxylic acids is 1. The Labute approximate surface area is 159 Å². The summed E-state index contributed by atoms with van der Waals surface area (Å²) >= 11 is 0. The topological polar surface area (TPSA) is 83.5 Å². The second-order valence-corrected chi connectivity index (χ2v) is 6.57. The molecule has 1 aliphatic heterocycles. The quantitative estimate of drug-likeness (QED) is 0.400. The molecule has 1 aromatic rings. The second kappa shape index (κ2) is 9.96. The standard InChI is InChI=1S/C20H28O7/c1-5-24-16(22)12-11-15(21)18-19(27-20(2,3)26-18)17(25-13-23-4)14-9-7-6-8-10-14/h6-12,15,17-19,21H,5,13H2,1-4H3/b12-11+/t15-,17-,18+,19-/m0/s1. The van der Waals surface area contributed by atoms with Gasteiger partial charge in [0.05, 0.1) is 6.61 Å². The van der Waals surface area contributed by atoms with Gasteiger partial charge in [-0.05, 0) is 32.4 Å². The summed E-state index contributed by atoms with van der Waals surface area (Å²) in [7, 11) is 1.53. The second-order valence-electron chi connectivity index (χ2n) is 6.57.